The van der Waals surface area contributed by atoms with E-state index in [2.05, 4.69) is 48.3 Å². The zero-order chi connectivity index (χ0) is 16.2. The van der Waals surface area contributed by atoms with E-state index in [1.165, 1.54) is 24.1 Å². The summed E-state index contributed by atoms with van der Waals surface area (Å²) in [6, 6.07) is 9.13. The van der Waals surface area contributed by atoms with E-state index in [1.54, 1.807) is 0 Å². The average Bonchev–Trinajstić information content (AvgIpc) is 3.00. The van der Waals surface area contributed by atoms with Gasteiger partial charge in [0.1, 0.15) is 0 Å². The summed E-state index contributed by atoms with van der Waals surface area (Å²) in [5, 5.41) is 13.2. The quantitative estimate of drug-likeness (QED) is 0.876. The summed E-state index contributed by atoms with van der Waals surface area (Å²) in [5.74, 6) is 0.422. The van der Waals surface area contributed by atoms with Crippen LogP contribution >= 0.6 is 0 Å². The molecule has 0 radical (unpaired) electrons. The summed E-state index contributed by atoms with van der Waals surface area (Å²) >= 11 is 0. The third-order valence-corrected chi connectivity index (χ3v) is 5.20. The Bertz CT molecular complexity index is 498. The molecule has 1 aromatic carbocycles. The first-order valence-corrected chi connectivity index (χ1v) is 9.00. The second-order valence-corrected chi connectivity index (χ2v) is 7.15. The summed E-state index contributed by atoms with van der Waals surface area (Å²) in [6.07, 6.45) is 4.10. The SMILES string of the molecule is C[C@@H]1CN(c2ccccc2CN[C@@H]2CCC[C@@H]2CO)C[C@@H](C)O1. The highest BCUT2D eigenvalue weighted by Gasteiger charge is 2.27. The number of anilines is 1. The molecule has 4 heteroatoms. The maximum Gasteiger partial charge on any atom is 0.0726 e. The molecule has 1 heterocycles. The normalized spacial score (nSPS) is 31.5. The second kappa shape index (κ2) is 7.65. The molecule has 1 saturated heterocycles. The fourth-order valence-electron chi connectivity index (χ4n) is 4.11. The van der Waals surface area contributed by atoms with E-state index >= 15 is 0 Å². The molecule has 0 aromatic heterocycles. The smallest absolute Gasteiger partial charge is 0.0726 e. The molecule has 4 atom stereocenters. The van der Waals surface area contributed by atoms with Crippen molar-refractivity contribution >= 4 is 5.69 Å². The Morgan fingerprint density at radius 3 is 2.65 bits per heavy atom. The number of morpholine rings is 1. The van der Waals surface area contributed by atoms with Crippen LogP contribution in [0.1, 0.15) is 38.7 Å². The van der Waals surface area contributed by atoms with Crippen LogP contribution in [-0.2, 0) is 11.3 Å². The summed E-state index contributed by atoms with van der Waals surface area (Å²) in [5.41, 5.74) is 2.66. The molecule has 2 fully saturated rings. The maximum absolute atomic E-state index is 9.49. The molecule has 0 bridgehead atoms. The van der Waals surface area contributed by atoms with Gasteiger partial charge >= 0.3 is 0 Å². The van der Waals surface area contributed by atoms with Crippen molar-refractivity contribution in [3.05, 3.63) is 29.8 Å². The maximum atomic E-state index is 9.49. The van der Waals surface area contributed by atoms with Crippen LogP contribution in [0, 0.1) is 5.92 Å². The minimum atomic E-state index is 0.272. The third kappa shape index (κ3) is 4.06. The summed E-state index contributed by atoms with van der Waals surface area (Å²) in [4.78, 5) is 2.45. The van der Waals surface area contributed by atoms with Gasteiger partial charge in [0.15, 0.2) is 0 Å². The van der Waals surface area contributed by atoms with Crippen LogP contribution in [0.3, 0.4) is 0 Å². The van der Waals surface area contributed by atoms with Crippen LogP contribution in [0.4, 0.5) is 5.69 Å². The van der Waals surface area contributed by atoms with Gasteiger partial charge in [-0.3, -0.25) is 0 Å². The average molecular weight is 318 g/mol. The fourth-order valence-corrected chi connectivity index (χ4v) is 4.11. The first-order chi connectivity index (χ1) is 11.2. The molecular formula is C19H30N2O2. The Morgan fingerprint density at radius 1 is 1.17 bits per heavy atom. The van der Waals surface area contributed by atoms with Crippen LogP contribution in [0.5, 0.6) is 0 Å². The van der Waals surface area contributed by atoms with Gasteiger partial charge in [0, 0.05) is 38.0 Å². The second-order valence-electron chi connectivity index (χ2n) is 7.15. The molecule has 3 rings (SSSR count). The number of nitrogens with zero attached hydrogens (tertiary/aromatic N) is 1. The van der Waals surface area contributed by atoms with Gasteiger partial charge in [0.05, 0.1) is 12.2 Å². The van der Waals surface area contributed by atoms with Crippen molar-refractivity contribution in [1.29, 1.82) is 0 Å². The molecule has 23 heavy (non-hydrogen) atoms. The van der Waals surface area contributed by atoms with Crippen molar-refractivity contribution in [3.8, 4) is 0 Å². The molecule has 2 N–H and O–H groups in total. The standard InChI is InChI=1S/C19H30N2O2/c1-14-11-21(12-15(2)23-14)19-9-4-3-6-16(19)10-20-18-8-5-7-17(18)13-22/h3-4,6,9,14-15,17-18,20,22H,5,7-8,10-13H2,1-2H3/t14-,15-,17-,18-/m1/s1. The molecule has 1 saturated carbocycles. The lowest BCUT2D eigenvalue weighted by molar-refractivity contribution is -0.00526. The first kappa shape index (κ1) is 16.7. The number of rotatable bonds is 5. The fraction of sp³-hybridized carbons (Fsp3) is 0.684. The lowest BCUT2D eigenvalue weighted by Gasteiger charge is -2.38. The van der Waals surface area contributed by atoms with E-state index in [0.717, 1.165) is 26.1 Å². The van der Waals surface area contributed by atoms with E-state index in [9.17, 15) is 5.11 Å². The third-order valence-electron chi connectivity index (χ3n) is 5.20. The van der Waals surface area contributed by atoms with Crippen molar-refractivity contribution in [1.82, 2.24) is 5.32 Å². The minimum absolute atomic E-state index is 0.272. The predicted molar refractivity (Wildman–Crippen MR) is 93.7 cm³/mol. The monoisotopic (exact) mass is 318 g/mol. The predicted octanol–water partition coefficient (Wildman–Crippen LogP) is 2.55. The largest absolute Gasteiger partial charge is 0.396 e. The number of aliphatic hydroxyl groups is 1. The molecule has 2 aliphatic rings. The molecule has 0 amide bonds. The van der Waals surface area contributed by atoms with Crippen molar-refractivity contribution < 1.29 is 9.84 Å². The molecule has 1 aliphatic carbocycles. The van der Waals surface area contributed by atoms with Crippen molar-refractivity contribution in [2.24, 2.45) is 5.92 Å². The number of para-hydroxylation sites is 1. The Hall–Kier alpha value is -1.10. The molecule has 0 unspecified atom stereocenters. The van der Waals surface area contributed by atoms with E-state index in [0.29, 0.717) is 18.6 Å². The highest BCUT2D eigenvalue weighted by Crippen LogP contribution is 2.27. The Balaban J connectivity index is 1.68. The Kier molecular flexibility index (Phi) is 5.57. The van der Waals surface area contributed by atoms with Crippen molar-refractivity contribution in [3.63, 3.8) is 0 Å². The number of ether oxygens (including phenoxy) is 1. The molecule has 1 aromatic rings. The summed E-state index contributed by atoms with van der Waals surface area (Å²) < 4.78 is 5.86. The lowest BCUT2D eigenvalue weighted by atomic mass is 10.0. The zero-order valence-electron chi connectivity index (χ0n) is 14.4. The minimum Gasteiger partial charge on any atom is -0.396 e. The molecule has 0 spiro atoms. The molecule has 4 nitrogen and oxygen atoms in total. The number of benzene rings is 1. The summed E-state index contributed by atoms with van der Waals surface area (Å²) in [7, 11) is 0. The van der Waals surface area contributed by atoms with Gasteiger partial charge in [-0.1, -0.05) is 24.6 Å². The van der Waals surface area contributed by atoms with Gasteiger partial charge in [-0.2, -0.15) is 0 Å². The van der Waals surface area contributed by atoms with Gasteiger partial charge in [-0.15, -0.1) is 0 Å². The Morgan fingerprint density at radius 2 is 1.91 bits per heavy atom. The van der Waals surface area contributed by atoms with E-state index in [4.69, 9.17) is 4.74 Å². The molecule has 1 aliphatic heterocycles. The topological polar surface area (TPSA) is 44.7 Å². The van der Waals surface area contributed by atoms with Crippen LogP contribution in [0.15, 0.2) is 24.3 Å². The zero-order valence-corrected chi connectivity index (χ0v) is 14.4. The molecular weight excluding hydrogens is 288 g/mol. The highest BCUT2D eigenvalue weighted by molar-refractivity contribution is 5.54. The van der Waals surface area contributed by atoms with Crippen molar-refractivity contribution in [2.75, 3.05) is 24.6 Å². The van der Waals surface area contributed by atoms with Gasteiger partial charge < -0.3 is 20.1 Å². The van der Waals surface area contributed by atoms with Crippen LogP contribution in [-0.4, -0.2) is 43.1 Å². The van der Waals surface area contributed by atoms with Gasteiger partial charge in [-0.25, -0.2) is 0 Å². The number of aliphatic hydroxyl groups excluding tert-OH is 1. The highest BCUT2D eigenvalue weighted by atomic mass is 16.5. The Labute approximate surface area is 139 Å². The number of hydrogen-bond acceptors (Lipinski definition) is 4. The van der Waals surface area contributed by atoms with Gasteiger partial charge in [-0.05, 0) is 44.2 Å². The van der Waals surface area contributed by atoms with E-state index < -0.39 is 0 Å². The number of hydrogen-bond donors (Lipinski definition) is 2. The van der Waals surface area contributed by atoms with Gasteiger partial charge in [0.2, 0.25) is 0 Å². The van der Waals surface area contributed by atoms with Crippen LogP contribution < -0.4 is 10.2 Å². The van der Waals surface area contributed by atoms with Crippen LogP contribution in [0.25, 0.3) is 0 Å². The molecule has 128 valence electrons. The van der Waals surface area contributed by atoms with E-state index in [1.807, 2.05) is 0 Å². The van der Waals surface area contributed by atoms with E-state index in [-0.39, 0.29) is 12.2 Å². The lowest BCUT2D eigenvalue weighted by Crippen LogP contribution is -2.46. The first-order valence-electron chi connectivity index (χ1n) is 9.00. The number of nitrogens with one attached hydrogen (secondary N) is 1. The summed E-state index contributed by atoms with van der Waals surface area (Å²) in [6.45, 7) is 7.37. The van der Waals surface area contributed by atoms with Gasteiger partial charge in [0.25, 0.3) is 0 Å². The van der Waals surface area contributed by atoms with Crippen molar-refractivity contribution in [2.45, 2.75) is 57.9 Å². The van der Waals surface area contributed by atoms with Crippen LogP contribution in [0.2, 0.25) is 0 Å².